The Hall–Kier alpha value is -0.610. The predicted octanol–water partition coefficient (Wildman–Crippen LogP) is 1.06. The van der Waals surface area contributed by atoms with Crippen LogP contribution >= 0.6 is 0 Å². The number of carbonyl (C=O) groups excluding carboxylic acids is 1. The molecule has 0 aliphatic carbocycles. The first-order valence-corrected chi connectivity index (χ1v) is 6.88. The maximum atomic E-state index is 11.9. The lowest BCUT2D eigenvalue weighted by molar-refractivity contribution is -0.126. The molecule has 2 heterocycles. The van der Waals surface area contributed by atoms with Crippen molar-refractivity contribution in [1.29, 1.82) is 0 Å². The lowest BCUT2D eigenvalue weighted by Crippen LogP contribution is -2.42. The number of piperidine rings is 1. The second-order valence-electron chi connectivity index (χ2n) is 5.29. The normalized spacial score (nSPS) is 33.6. The summed E-state index contributed by atoms with van der Waals surface area (Å²) in [4.78, 5) is 11.9. The molecule has 2 aliphatic rings. The Morgan fingerprint density at radius 3 is 3.06 bits per heavy atom. The molecule has 3 unspecified atom stereocenters. The quantitative estimate of drug-likeness (QED) is 0.772. The molecule has 2 N–H and O–H groups in total. The summed E-state index contributed by atoms with van der Waals surface area (Å²) in [5.41, 5.74) is 0. The molecule has 4 nitrogen and oxygen atoms in total. The second-order valence-corrected chi connectivity index (χ2v) is 5.29. The van der Waals surface area contributed by atoms with Crippen LogP contribution in [0.15, 0.2) is 0 Å². The first-order chi connectivity index (χ1) is 8.25. The maximum absolute atomic E-state index is 11.9. The fraction of sp³-hybridized carbons (Fsp3) is 0.923. The molecule has 2 fully saturated rings. The van der Waals surface area contributed by atoms with Gasteiger partial charge in [0.2, 0.25) is 5.91 Å². The van der Waals surface area contributed by atoms with Gasteiger partial charge in [-0.3, -0.25) is 4.79 Å². The van der Waals surface area contributed by atoms with Crippen LogP contribution in [0.5, 0.6) is 0 Å². The molecule has 3 atom stereocenters. The maximum Gasteiger partial charge on any atom is 0.223 e. The third kappa shape index (κ3) is 3.96. The van der Waals surface area contributed by atoms with Gasteiger partial charge < -0.3 is 15.4 Å². The van der Waals surface area contributed by atoms with Crippen LogP contribution in [0.3, 0.4) is 0 Å². The highest BCUT2D eigenvalue weighted by Gasteiger charge is 2.24. The van der Waals surface area contributed by atoms with Crippen molar-refractivity contribution >= 4 is 5.91 Å². The largest absolute Gasteiger partial charge is 0.378 e. The van der Waals surface area contributed by atoms with Crippen LogP contribution in [-0.4, -0.2) is 37.7 Å². The van der Waals surface area contributed by atoms with Gasteiger partial charge in [-0.15, -0.1) is 0 Å². The van der Waals surface area contributed by atoms with Crippen LogP contribution in [0, 0.1) is 5.92 Å². The summed E-state index contributed by atoms with van der Waals surface area (Å²) < 4.78 is 5.54. The summed E-state index contributed by atoms with van der Waals surface area (Å²) in [6.07, 6.45) is 5.60. The van der Waals surface area contributed by atoms with Gasteiger partial charge in [0.25, 0.3) is 0 Å². The van der Waals surface area contributed by atoms with Crippen molar-refractivity contribution in [2.45, 2.75) is 51.2 Å². The third-order valence-electron chi connectivity index (χ3n) is 3.78. The van der Waals surface area contributed by atoms with Crippen molar-refractivity contribution in [1.82, 2.24) is 10.6 Å². The SMILES string of the molecule is CC1CC(C(=O)NCCC2CCCO2)CCN1. The number of ether oxygens (including phenoxy) is 1. The monoisotopic (exact) mass is 240 g/mol. The van der Waals surface area contributed by atoms with E-state index >= 15 is 0 Å². The van der Waals surface area contributed by atoms with E-state index < -0.39 is 0 Å². The summed E-state index contributed by atoms with van der Waals surface area (Å²) in [7, 11) is 0. The summed E-state index contributed by atoms with van der Waals surface area (Å²) in [6, 6.07) is 0.470. The zero-order chi connectivity index (χ0) is 12.1. The molecule has 0 spiro atoms. The number of nitrogens with one attached hydrogen (secondary N) is 2. The smallest absolute Gasteiger partial charge is 0.223 e. The van der Waals surface area contributed by atoms with E-state index in [0.29, 0.717) is 12.1 Å². The van der Waals surface area contributed by atoms with E-state index in [1.165, 1.54) is 6.42 Å². The Balaban J connectivity index is 1.62. The van der Waals surface area contributed by atoms with Gasteiger partial charge in [0, 0.05) is 25.1 Å². The van der Waals surface area contributed by atoms with Gasteiger partial charge in [0.05, 0.1) is 6.10 Å². The number of carbonyl (C=O) groups is 1. The van der Waals surface area contributed by atoms with E-state index in [-0.39, 0.29) is 11.8 Å². The summed E-state index contributed by atoms with van der Waals surface area (Å²) in [5, 5.41) is 6.42. The first-order valence-electron chi connectivity index (χ1n) is 6.88. The minimum Gasteiger partial charge on any atom is -0.378 e. The second kappa shape index (κ2) is 6.36. The number of hydrogen-bond acceptors (Lipinski definition) is 3. The molecule has 0 saturated carbocycles. The van der Waals surface area contributed by atoms with Crippen LogP contribution in [0.2, 0.25) is 0 Å². The summed E-state index contributed by atoms with van der Waals surface area (Å²) in [6.45, 7) is 4.77. The highest BCUT2D eigenvalue weighted by molar-refractivity contribution is 5.78. The van der Waals surface area contributed by atoms with Crippen molar-refractivity contribution in [3.8, 4) is 0 Å². The Bertz CT molecular complexity index is 252. The Morgan fingerprint density at radius 1 is 1.47 bits per heavy atom. The molecule has 2 saturated heterocycles. The molecule has 0 bridgehead atoms. The van der Waals surface area contributed by atoms with E-state index in [2.05, 4.69) is 17.6 Å². The van der Waals surface area contributed by atoms with Gasteiger partial charge >= 0.3 is 0 Å². The molecule has 2 rings (SSSR count). The van der Waals surface area contributed by atoms with E-state index in [1.54, 1.807) is 0 Å². The highest BCUT2D eigenvalue weighted by Crippen LogP contribution is 2.17. The lowest BCUT2D eigenvalue weighted by atomic mass is 9.92. The number of amides is 1. The highest BCUT2D eigenvalue weighted by atomic mass is 16.5. The summed E-state index contributed by atoms with van der Waals surface area (Å²) in [5.74, 6) is 0.437. The molecule has 4 heteroatoms. The van der Waals surface area contributed by atoms with E-state index in [0.717, 1.165) is 45.4 Å². The molecule has 17 heavy (non-hydrogen) atoms. The van der Waals surface area contributed by atoms with Crippen LogP contribution in [0.25, 0.3) is 0 Å². The van der Waals surface area contributed by atoms with Crippen LogP contribution < -0.4 is 10.6 Å². The van der Waals surface area contributed by atoms with Crippen molar-refractivity contribution < 1.29 is 9.53 Å². The van der Waals surface area contributed by atoms with E-state index in [9.17, 15) is 4.79 Å². The zero-order valence-electron chi connectivity index (χ0n) is 10.7. The van der Waals surface area contributed by atoms with E-state index in [4.69, 9.17) is 4.74 Å². The molecule has 0 aromatic carbocycles. The Morgan fingerprint density at radius 2 is 2.35 bits per heavy atom. The molecule has 0 radical (unpaired) electrons. The lowest BCUT2D eigenvalue weighted by Gasteiger charge is -2.27. The van der Waals surface area contributed by atoms with Crippen LogP contribution in [0.4, 0.5) is 0 Å². The average molecular weight is 240 g/mol. The fourth-order valence-electron chi connectivity index (χ4n) is 2.74. The fourth-order valence-corrected chi connectivity index (χ4v) is 2.74. The van der Waals surface area contributed by atoms with Crippen molar-refractivity contribution in [2.75, 3.05) is 19.7 Å². The predicted molar refractivity (Wildman–Crippen MR) is 66.8 cm³/mol. The molecule has 0 aromatic heterocycles. The zero-order valence-corrected chi connectivity index (χ0v) is 10.7. The van der Waals surface area contributed by atoms with Crippen LogP contribution in [0.1, 0.15) is 39.0 Å². The van der Waals surface area contributed by atoms with Gasteiger partial charge in [-0.05, 0) is 45.6 Å². The third-order valence-corrected chi connectivity index (χ3v) is 3.78. The molecule has 98 valence electrons. The topological polar surface area (TPSA) is 50.4 Å². The molecule has 0 aromatic rings. The van der Waals surface area contributed by atoms with Gasteiger partial charge in [-0.1, -0.05) is 0 Å². The van der Waals surface area contributed by atoms with Gasteiger partial charge in [-0.25, -0.2) is 0 Å². The Kier molecular flexibility index (Phi) is 4.80. The van der Waals surface area contributed by atoms with Crippen molar-refractivity contribution in [2.24, 2.45) is 5.92 Å². The molecule has 2 aliphatic heterocycles. The van der Waals surface area contributed by atoms with Gasteiger partial charge in [-0.2, -0.15) is 0 Å². The number of rotatable bonds is 4. The molecular weight excluding hydrogens is 216 g/mol. The van der Waals surface area contributed by atoms with E-state index in [1.807, 2.05) is 0 Å². The van der Waals surface area contributed by atoms with Crippen molar-refractivity contribution in [3.05, 3.63) is 0 Å². The molecular formula is C13H24N2O2. The minimum atomic E-state index is 0.204. The van der Waals surface area contributed by atoms with Gasteiger partial charge in [0.15, 0.2) is 0 Å². The number of hydrogen-bond donors (Lipinski definition) is 2. The molecule has 1 amide bonds. The standard InChI is InChI=1S/C13H24N2O2/c1-10-9-11(4-6-14-10)13(16)15-7-5-12-3-2-8-17-12/h10-12,14H,2-9H2,1H3,(H,15,16). The van der Waals surface area contributed by atoms with Crippen LogP contribution in [-0.2, 0) is 9.53 Å². The Labute approximate surface area is 103 Å². The first kappa shape index (κ1) is 12.8. The summed E-state index contributed by atoms with van der Waals surface area (Å²) >= 11 is 0. The van der Waals surface area contributed by atoms with Crippen molar-refractivity contribution in [3.63, 3.8) is 0 Å². The average Bonchev–Trinajstić information content (AvgIpc) is 2.82. The minimum absolute atomic E-state index is 0.204. The van der Waals surface area contributed by atoms with Gasteiger partial charge in [0.1, 0.15) is 0 Å².